The Balaban J connectivity index is 2.24. The van der Waals surface area contributed by atoms with E-state index in [1.54, 1.807) is 0 Å². The highest BCUT2D eigenvalue weighted by Gasteiger charge is 2.20. The monoisotopic (exact) mass is 284 g/mol. The summed E-state index contributed by atoms with van der Waals surface area (Å²) >= 11 is 0. The maximum absolute atomic E-state index is 12.0. The molecule has 1 fully saturated rings. The SMILES string of the molecule is CS(=O)(=O)c1cc(N)cc(C(=O)NC2CCOC2)c1. The zero-order valence-electron chi connectivity index (χ0n) is 10.5. The smallest absolute Gasteiger partial charge is 0.251 e. The molecule has 0 spiro atoms. The van der Waals surface area contributed by atoms with Gasteiger partial charge in [-0.3, -0.25) is 4.79 Å². The number of hydrogen-bond donors (Lipinski definition) is 2. The van der Waals surface area contributed by atoms with Gasteiger partial charge in [-0.1, -0.05) is 0 Å². The van der Waals surface area contributed by atoms with Gasteiger partial charge in [0.1, 0.15) is 0 Å². The molecule has 1 heterocycles. The van der Waals surface area contributed by atoms with Crippen LogP contribution < -0.4 is 11.1 Å². The van der Waals surface area contributed by atoms with E-state index in [9.17, 15) is 13.2 Å². The maximum Gasteiger partial charge on any atom is 0.251 e. The Hall–Kier alpha value is -1.60. The van der Waals surface area contributed by atoms with E-state index < -0.39 is 9.84 Å². The second kappa shape index (κ2) is 5.18. The first kappa shape index (κ1) is 13.8. The van der Waals surface area contributed by atoms with Crippen LogP contribution in [0.5, 0.6) is 0 Å². The molecule has 1 aromatic rings. The number of hydrogen-bond acceptors (Lipinski definition) is 5. The molecule has 0 saturated carbocycles. The van der Waals surface area contributed by atoms with Crippen molar-refractivity contribution in [3.8, 4) is 0 Å². The number of nitrogens with two attached hydrogens (primary N) is 1. The highest BCUT2D eigenvalue weighted by atomic mass is 32.2. The number of carbonyl (C=O) groups excluding carboxylic acids is 1. The third kappa shape index (κ3) is 3.45. The Bertz CT molecular complexity index is 592. The van der Waals surface area contributed by atoms with E-state index in [-0.39, 0.29) is 28.1 Å². The van der Waals surface area contributed by atoms with E-state index in [1.165, 1.54) is 18.2 Å². The lowest BCUT2D eigenvalue weighted by Gasteiger charge is -2.11. The van der Waals surface area contributed by atoms with Crippen LogP contribution in [-0.4, -0.2) is 39.8 Å². The van der Waals surface area contributed by atoms with E-state index in [0.717, 1.165) is 12.7 Å². The quantitative estimate of drug-likeness (QED) is 0.772. The van der Waals surface area contributed by atoms with Crippen LogP contribution in [0.25, 0.3) is 0 Å². The molecule has 1 aliphatic rings. The predicted octanol–water partition coefficient (Wildman–Crippen LogP) is 0.191. The molecule has 1 atom stereocenters. The van der Waals surface area contributed by atoms with Crippen LogP contribution in [0, 0.1) is 0 Å². The number of sulfone groups is 1. The topological polar surface area (TPSA) is 98.5 Å². The van der Waals surface area contributed by atoms with Gasteiger partial charge in [0.25, 0.3) is 5.91 Å². The first-order chi connectivity index (χ1) is 8.86. The lowest BCUT2D eigenvalue weighted by Crippen LogP contribution is -2.35. The van der Waals surface area contributed by atoms with Crippen LogP contribution in [0.2, 0.25) is 0 Å². The average Bonchev–Trinajstić information content (AvgIpc) is 2.79. The molecule has 3 N–H and O–H groups in total. The molecule has 1 aliphatic heterocycles. The molecule has 1 amide bonds. The van der Waals surface area contributed by atoms with E-state index >= 15 is 0 Å². The number of nitrogen functional groups attached to an aromatic ring is 1. The van der Waals surface area contributed by atoms with Crippen LogP contribution in [0.3, 0.4) is 0 Å². The van der Waals surface area contributed by atoms with Crippen molar-refractivity contribution in [2.45, 2.75) is 17.4 Å². The van der Waals surface area contributed by atoms with Crippen molar-refractivity contribution in [3.63, 3.8) is 0 Å². The lowest BCUT2D eigenvalue weighted by molar-refractivity contribution is 0.0929. The minimum atomic E-state index is -3.39. The molecule has 1 aromatic carbocycles. The van der Waals surface area contributed by atoms with Crippen LogP contribution in [0.4, 0.5) is 5.69 Å². The van der Waals surface area contributed by atoms with Crippen LogP contribution in [0.15, 0.2) is 23.1 Å². The molecule has 1 unspecified atom stereocenters. The summed E-state index contributed by atoms with van der Waals surface area (Å²) in [4.78, 5) is 12.1. The summed E-state index contributed by atoms with van der Waals surface area (Å²) in [5.41, 5.74) is 6.12. The van der Waals surface area contributed by atoms with E-state index in [2.05, 4.69) is 5.32 Å². The van der Waals surface area contributed by atoms with E-state index in [0.29, 0.717) is 13.2 Å². The molecule has 0 aliphatic carbocycles. The van der Waals surface area contributed by atoms with Gasteiger partial charge in [0.2, 0.25) is 0 Å². The number of ether oxygens (including phenoxy) is 1. The number of rotatable bonds is 3. The van der Waals surface area contributed by atoms with Gasteiger partial charge in [-0.05, 0) is 24.6 Å². The fourth-order valence-electron chi connectivity index (χ4n) is 1.88. The van der Waals surface area contributed by atoms with Crippen molar-refractivity contribution >= 4 is 21.4 Å². The van der Waals surface area contributed by atoms with Gasteiger partial charge in [-0.15, -0.1) is 0 Å². The zero-order valence-corrected chi connectivity index (χ0v) is 11.4. The normalized spacial score (nSPS) is 19.3. The molecular weight excluding hydrogens is 268 g/mol. The molecule has 1 saturated heterocycles. The van der Waals surface area contributed by atoms with E-state index in [4.69, 9.17) is 10.5 Å². The van der Waals surface area contributed by atoms with Crippen molar-refractivity contribution in [2.24, 2.45) is 0 Å². The second-order valence-electron chi connectivity index (χ2n) is 4.60. The Morgan fingerprint density at radius 3 is 2.74 bits per heavy atom. The van der Waals surface area contributed by atoms with Crippen molar-refractivity contribution in [2.75, 3.05) is 25.2 Å². The first-order valence-corrected chi connectivity index (χ1v) is 7.74. The van der Waals surface area contributed by atoms with Gasteiger partial charge in [0.05, 0.1) is 17.5 Å². The molecule has 0 aromatic heterocycles. The predicted molar refractivity (Wildman–Crippen MR) is 70.7 cm³/mol. The minimum Gasteiger partial charge on any atom is -0.399 e. The Morgan fingerprint density at radius 2 is 2.16 bits per heavy atom. The van der Waals surface area contributed by atoms with Crippen molar-refractivity contribution in [1.82, 2.24) is 5.32 Å². The summed E-state index contributed by atoms with van der Waals surface area (Å²) in [5, 5.41) is 2.79. The molecule has 19 heavy (non-hydrogen) atoms. The van der Waals surface area contributed by atoms with Gasteiger partial charge < -0.3 is 15.8 Å². The third-order valence-corrected chi connectivity index (χ3v) is 3.98. The second-order valence-corrected chi connectivity index (χ2v) is 6.61. The summed E-state index contributed by atoms with van der Waals surface area (Å²) in [7, 11) is -3.39. The molecule has 2 rings (SSSR count). The number of benzene rings is 1. The largest absolute Gasteiger partial charge is 0.399 e. The summed E-state index contributed by atoms with van der Waals surface area (Å²) in [6, 6.07) is 4.09. The van der Waals surface area contributed by atoms with Crippen molar-refractivity contribution in [3.05, 3.63) is 23.8 Å². The van der Waals surface area contributed by atoms with Crippen molar-refractivity contribution < 1.29 is 17.9 Å². The lowest BCUT2D eigenvalue weighted by atomic mass is 10.1. The first-order valence-electron chi connectivity index (χ1n) is 5.85. The maximum atomic E-state index is 12.0. The molecular formula is C12H16N2O4S. The molecule has 7 heteroatoms. The Morgan fingerprint density at radius 1 is 1.42 bits per heavy atom. The minimum absolute atomic E-state index is 0.0318. The third-order valence-electron chi connectivity index (χ3n) is 2.88. The number of carbonyl (C=O) groups is 1. The molecule has 104 valence electrons. The van der Waals surface area contributed by atoms with Gasteiger partial charge in [-0.25, -0.2) is 8.42 Å². The highest BCUT2D eigenvalue weighted by Crippen LogP contribution is 2.17. The van der Waals surface area contributed by atoms with Crippen LogP contribution in [0.1, 0.15) is 16.8 Å². The van der Waals surface area contributed by atoms with Gasteiger partial charge in [0, 0.05) is 24.1 Å². The Kier molecular flexibility index (Phi) is 3.77. The summed E-state index contributed by atoms with van der Waals surface area (Å²) in [6.07, 6.45) is 1.83. The number of amides is 1. The fourth-order valence-corrected chi connectivity index (χ4v) is 2.58. The number of nitrogens with one attached hydrogen (secondary N) is 1. The van der Waals surface area contributed by atoms with E-state index in [1.807, 2.05) is 0 Å². The summed E-state index contributed by atoms with van der Waals surface area (Å²) in [6.45, 7) is 1.10. The van der Waals surface area contributed by atoms with Crippen LogP contribution >= 0.6 is 0 Å². The standard InChI is InChI=1S/C12H16N2O4S/c1-19(16,17)11-5-8(4-9(13)6-11)12(15)14-10-2-3-18-7-10/h4-6,10H,2-3,7,13H2,1H3,(H,14,15). The summed E-state index contributed by atoms with van der Waals surface area (Å²) < 4.78 is 28.2. The zero-order chi connectivity index (χ0) is 14.0. The Labute approximate surface area is 111 Å². The molecule has 0 radical (unpaired) electrons. The number of anilines is 1. The fraction of sp³-hybridized carbons (Fsp3) is 0.417. The summed E-state index contributed by atoms with van der Waals surface area (Å²) in [5.74, 6) is -0.340. The molecule has 6 nitrogen and oxygen atoms in total. The highest BCUT2D eigenvalue weighted by molar-refractivity contribution is 7.90. The average molecular weight is 284 g/mol. The van der Waals surface area contributed by atoms with Crippen molar-refractivity contribution in [1.29, 1.82) is 0 Å². The molecule has 0 bridgehead atoms. The van der Waals surface area contributed by atoms with Gasteiger partial charge in [-0.2, -0.15) is 0 Å². The van der Waals surface area contributed by atoms with Gasteiger partial charge >= 0.3 is 0 Å². The van der Waals surface area contributed by atoms with Crippen LogP contribution in [-0.2, 0) is 14.6 Å². The van der Waals surface area contributed by atoms with Gasteiger partial charge in [0.15, 0.2) is 9.84 Å².